The molecule has 1 aliphatic rings. The monoisotopic (exact) mass is 303 g/mol. The van der Waals surface area contributed by atoms with Gasteiger partial charge in [0.15, 0.2) is 0 Å². The second-order valence-corrected chi connectivity index (χ2v) is 6.83. The molecular weight excluding hydrogens is 278 g/mol. The van der Waals surface area contributed by atoms with Crippen LogP contribution in [0.3, 0.4) is 0 Å². The van der Waals surface area contributed by atoms with Gasteiger partial charge in [0.2, 0.25) is 5.91 Å². The van der Waals surface area contributed by atoms with Crippen LogP contribution < -0.4 is 10.6 Å². The Labute approximate surface area is 132 Å². The summed E-state index contributed by atoms with van der Waals surface area (Å²) in [5.41, 5.74) is 0.845. The molecule has 0 aliphatic carbocycles. The normalized spacial score (nSPS) is 19.9. The van der Waals surface area contributed by atoms with Crippen molar-refractivity contribution in [2.75, 3.05) is 6.54 Å². The molecular formula is C17H25N3O2. The van der Waals surface area contributed by atoms with E-state index in [0.717, 1.165) is 5.56 Å². The molecule has 1 saturated heterocycles. The number of benzene rings is 1. The van der Waals surface area contributed by atoms with Gasteiger partial charge in [0.1, 0.15) is 0 Å². The summed E-state index contributed by atoms with van der Waals surface area (Å²) in [5.74, 6) is 0.0916. The fraction of sp³-hybridized carbons (Fsp3) is 0.529. The lowest BCUT2D eigenvalue weighted by molar-refractivity contribution is -0.131. The molecule has 120 valence electrons. The lowest BCUT2D eigenvalue weighted by Crippen LogP contribution is -2.46. The molecule has 1 fully saturated rings. The lowest BCUT2D eigenvalue weighted by Gasteiger charge is -2.32. The van der Waals surface area contributed by atoms with E-state index in [1.165, 1.54) is 0 Å². The highest BCUT2D eigenvalue weighted by atomic mass is 16.2. The number of carbonyl (C=O) groups is 2. The number of hydrogen-bond acceptors (Lipinski definition) is 2. The second-order valence-electron chi connectivity index (χ2n) is 6.83. The Morgan fingerprint density at radius 3 is 2.45 bits per heavy atom. The standard InChI is InChI=1S/C17H25N3O2/c1-12(13-8-6-5-7-9-13)18-16(22)19-14-10-15(21)20(11-14)17(2,3)4/h5-9,12,14H,10-11H2,1-4H3,(H2,18,19,22). The van der Waals surface area contributed by atoms with Crippen LogP contribution >= 0.6 is 0 Å². The number of nitrogens with one attached hydrogen (secondary N) is 2. The summed E-state index contributed by atoms with van der Waals surface area (Å²) in [6.45, 7) is 8.52. The summed E-state index contributed by atoms with van der Waals surface area (Å²) in [7, 11) is 0. The van der Waals surface area contributed by atoms with Gasteiger partial charge >= 0.3 is 6.03 Å². The molecule has 0 radical (unpaired) electrons. The molecule has 1 heterocycles. The quantitative estimate of drug-likeness (QED) is 0.901. The first kappa shape index (κ1) is 16.3. The van der Waals surface area contributed by atoms with Gasteiger partial charge in [-0.05, 0) is 33.3 Å². The van der Waals surface area contributed by atoms with E-state index in [9.17, 15) is 9.59 Å². The van der Waals surface area contributed by atoms with E-state index >= 15 is 0 Å². The van der Waals surface area contributed by atoms with Crippen LogP contribution in [0.5, 0.6) is 0 Å². The molecule has 2 unspecified atom stereocenters. The average molecular weight is 303 g/mol. The maximum absolute atomic E-state index is 12.1. The molecule has 2 rings (SSSR count). The van der Waals surface area contributed by atoms with Gasteiger partial charge in [0.25, 0.3) is 0 Å². The zero-order chi connectivity index (χ0) is 16.3. The molecule has 2 atom stereocenters. The molecule has 1 aromatic carbocycles. The van der Waals surface area contributed by atoms with Crippen molar-refractivity contribution in [2.24, 2.45) is 0 Å². The summed E-state index contributed by atoms with van der Waals surface area (Å²) in [4.78, 5) is 25.9. The minimum Gasteiger partial charge on any atom is -0.336 e. The predicted octanol–water partition coefficient (Wildman–Crippen LogP) is 2.45. The third-order valence-corrected chi connectivity index (χ3v) is 3.92. The van der Waals surface area contributed by atoms with E-state index in [1.54, 1.807) is 0 Å². The summed E-state index contributed by atoms with van der Waals surface area (Å²) in [6, 6.07) is 9.36. The molecule has 0 spiro atoms. The van der Waals surface area contributed by atoms with Crippen LogP contribution in [0.1, 0.15) is 45.7 Å². The Balaban J connectivity index is 1.87. The van der Waals surface area contributed by atoms with Crippen molar-refractivity contribution in [2.45, 2.75) is 51.7 Å². The summed E-state index contributed by atoms with van der Waals surface area (Å²) in [5, 5.41) is 5.81. The Hall–Kier alpha value is -2.04. The first-order valence-electron chi connectivity index (χ1n) is 7.70. The van der Waals surface area contributed by atoms with Crippen LogP contribution in [-0.4, -0.2) is 35.0 Å². The molecule has 22 heavy (non-hydrogen) atoms. The summed E-state index contributed by atoms with van der Waals surface area (Å²) >= 11 is 0. The highest BCUT2D eigenvalue weighted by molar-refractivity contribution is 5.82. The minimum atomic E-state index is -0.232. The van der Waals surface area contributed by atoms with Gasteiger partial charge in [-0.15, -0.1) is 0 Å². The van der Waals surface area contributed by atoms with Gasteiger partial charge in [0.05, 0.1) is 12.1 Å². The maximum Gasteiger partial charge on any atom is 0.315 e. The SMILES string of the molecule is CC(NC(=O)NC1CC(=O)N(C(C)(C)C)C1)c1ccccc1. The molecule has 0 saturated carbocycles. The lowest BCUT2D eigenvalue weighted by atomic mass is 10.1. The summed E-state index contributed by atoms with van der Waals surface area (Å²) < 4.78 is 0. The fourth-order valence-corrected chi connectivity index (χ4v) is 2.70. The molecule has 3 amide bonds. The molecule has 0 bridgehead atoms. The van der Waals surface area contributed by atoms with Gasteiger partial charge in [-0.1, -0.05) is 30.3 Å². The van der Waals surface area contributed by atoms with Crippen LogP contribution in [0, 0.1) is 0 Å². The van der Waals surface area contributed by atoms with Crippen LogP contribution in [0.4, 0.5) is 4.79 Å². The second kappa shape index (κ2) is 6.38. The van der Waals surface area contributed by atoms with E-state index in [4.69, 9.17) is 0 Å². The van der Waals surface area contributed by atoms with Crippen molar-refractivity contribution < 1.29 is 9.59 Å². The zero-order valence-electron chi connectivity index (χ0n) is 13.7. The molecule has 1 aliphatic heterocycles. The van der Waals surface area contributed by atoms with Crippen molar-refractivity contribution in [1.29, 1.82) is 0 Å². The first-order chi connectivity index (χ1) is 10.3. The number of urea groups is 1. The van der Waals surface area contributed by atoms with Crippen molar-refractivity contribution in [3.63, 3.8) is 0 Å². The fourth-order valence-electron chi connectivity index (χ4n) is 2.70. The van der Waals surface area contributed by atoms with E-state index < -0.39 is 0 Å². The first-order valence-corrected chi connectivity index (χ1v) is 7.70. The number of likely N-dealkylation sites (tertiary alicyclic amines) is 1. The van der Waals surface area contributed by atoms with Crippen LogP contribution in [0.2, 0.25) is 0 Å². The molecule has 1 aromatic rings. The third-order valence-electron chi connectivity index (χ3n) is 3.92. The largest absolute Gasteiger partial charge is 0.336 e. The Kier molecular flexibility index (Phi) is 4.74. The van der Waals surface area contributed by atoms with E-state index in [0.29, 0.717) is 13.0 Å². The van der Waals surface area contributed by atoms with Crippen molar-refractivity contribution in [1.82, 2.24) is 15.5 Å². The number of carbonyl (C=O) groups excluding carboxylic acids is 2. The number of nitrogens with zero attached hydrogens (tertiary/aromatic N) is 1. The van der Waals surface area contributed by atoms with Gasteiger partial charge in [-0.25, -0.2) is 4.79 Å². The van der Waals surface area contributed by atoms with Gasteiger partial charge < -0.3 is 15.5 Å². The molecule has 0 aromatic heterocycles. The number of hydrogen-bond donors (Lipinski definition) is 2. The molecule has 5 heteroatoms. The summed E-state index contributed by atoms with van der Waals surface area (Å²) in [6.07, 6.45) is 0.365. The maximum atomic E-state index is 12.1. The Morgan fingerprint density at radius 1 is 1.27 bits per heavy atom. The van der Waals surface area contributed by atoms with Crippen molar-refractivity contribution >= 4 is 11.9 Å². The smallest absolute Gasteiger partial charge is 0.315 e. The van der Waals surface area contributed by atoms with Crippen molar-refractivity contribution in [3.8, 4) is 0 Å². The van der Waals surface area contributed by atoms with Crippen molar-refractivity contribution in [3.05, 3.63) is 35.9 Å². The van der Waals surface area contributed by atoms with E-state index in [1.807, 2.05) is 62.9 Å². The average Bonchev–Trinajstić information content (AvgIpc) is 2.80. The zero-order valence-corrected chi connectivity index (χ0v) is 13.7. The molecule has 2 N–H and O–H groups in total. The van der Waals surface area contributed by atoms with E-state index in [-0.39, 0.29) is 29.6 Å². The third kappa shape index (κ3) is 4.00. The van der Waals surface area contributed by atoms with Crippen LogP contribution in [0.25, 0.3) is 0 Å². The molecule has 5 nitrogen and oxygen atoms in total. The van der Waals surface area contributed by atoms with Crippen LogP contribution in [-0.2, 0) is 4.79 Å². The predicted molar refractivity (Wildman–Crippen MR) is 86.4 cm³/mol. The van der Waals surface area contributed by atoms with Gasteiger partial charge in [0, 0.05) is 18.5 Å². The topological polar surface area (TPSA) is 61.4 Å². The Bertz CT molecular complexity index is 537. The Morgan fingerprint density at radius 2 is 1.91 bits per heavy atom. The highest BCUT2D eigenvalue weighted by Gasteiger charge is 2.36. The highest BCUT2D eigenvalue weighted by Crippen LogP contribution is 2.21. The number of amides is 3. The number of rotatable bonds is 3. The minimum absolute atomic E-state index is 0.0722. The van der Waals surface area contributed by atoms with Crippen LogP contribution in [0.15, 0.2) is 30.3 Å². The van der Waals surface area contributed by atoms with E-state index in [2.05, 4.69) is 10.6 Å². The van der Waals surface area contributed by atoms with Gasteiger partial charge in [-0.3, -0.25) is 4.79 Å². The van der Waals surface area contributed by atoms with Gasteiger partial charge in [-0.2, -0.15) is 0 Å².